The van der Waals surface area contributed by atoms with Gasteiger partial charge >= 0.3 is 5.63 Å². The molecule has 5 fully saturated rings. The van der Waals surface area contributed by atoms with Crippen molar-refractivity contribution in [3.05, 3.63) is 34.4 Å². The third-order valence-corrected chi connectivity index (χ3v) is 10.2. The molecule has 0 amide bonds. The number of ether oxygens (including phenoxy) is 1. The minimum absolute atomic E-state index is 0.0285. The first kappa shape index (κ1) is 17.7. The molecule has 1 aromatic heterocycles. The van der Waals surface area contributed by atoms with Gasteiger partial charge < -0.3 is 14.3 Å². The summed E-state index contributed by atoms with van der Waals surface area (Å²) >= 11 is 0. The fraction of sp³-hybridized carbons (Fsp3) is 0.792. The molecule has 0 unspecified atom stereocenters. The molecule has 0 bridgehead atoms. The number of aliphatic hydroxyl groups excluding tert-OH is 1. The average molecular weight is 385 g/mol. The highest BCUT2D eigenvalue weighted by atomic mass is 16.6. The van der Waals surface area contributed by atoms with Gasteiger partial charge in [0.1, 0.15) is 5.60 Å². The molecule has 1 saturated heterocycles. The first-order valence-corrected chi connectivity index (χ1v) is 11.3. The zero-order valence-electron chi connectivity index (χ0n) is 17.0. The zero-order valence-corrected chi connectivity index (χ0v) is 17.0. The van der Waals surface area contributed by atoms with Gasteiger partial charge in [0, 0.05) is 11.5 Å². The minimum Gasteiger partial charge on any atom is -0.431 e. The Morgan fingerprint density at radius 3 is 2.68 bits per heavy atom. The lowest BCUT2D eigenvalue weighted by molar-refractivity contribution is -0.139. The van der Waals surface area contributed by atoms with Crippen molar-refractivity contribution in [1.29, 1.82) is 0 Å². The van der Waals surface area contributed by atoms with Crippen LogP contribution in [-0.4, -0.2) is 22.9 Å². The first-order chi connectivity index (χ1) is 13.4. The van der Waals surface area contributed by atoms with E-state index >= 15 is 0 Å². The summed E-state index contributed by atoms with van der Waals surface area (Å²) in [5.74, 6) is 2.48. The molecule has 4 nitrogen and oxygen atoms in total. The van der Waals surface area contributed by atoms with Crippen molar-refractivity contribution in [2.45, 2.75) is 88.9 Å². The van der Waals surface area contributed by atoms with E-state index in [4.69, 9.17) is 9.15 Å². The summed E-state index contributed by atoms with van der Waals surface area (Å²) in [5.41, 5.74) is 1.44. The molecule has 0 radical (unpaired) electrons. The summed E-state index contributed by atoms with van der Waals surface area (Å²) in [6.45, 7) is 4.97. The van der Waals surface area contributed by atoms with Crippen LogP contribution in [0.5, 0.6) is 0 Å². The van der Waals surface area contributed by atoms with E-state index in [1.807, 2.05) is 6.07 Å². The van der Waals surface area contributed by atoms with Crippen molar-refractivity contribution in [2.75, 3.05) is 0 Å². The van der Waals surface area contributed by atoms with Crippen LogP contribution in [0.4, 0.5) is 0 Å². The monoisotopic (exact) mass is 384 g/mol. The standard InChI is InChI=1S/C24H32O4/c1-22-9-7-16(25)11-15(22)4-5-18-17(22)8-10-23(2)19(12-20-24(18,23)28-20)14-3-6-21(26)27-13-14/h3,6,13,15-20,25H,4-5,7-12H2,1-2H3/t15-,16-,17-,18-,19+,20-,22-,23-,24+/m0/s1. The normalized spacial score (nSPS) is 54.2. The van der Waals surface area contributed by atoms with Crippen LogP contribution in [0.15, 0.2) is 27.6 Å². The van der Waals surface area contributed by atoms with Crippen LogP contribution in [-0.2, 0) is 4.74 Å². The highest BCUT2D eigenvalue weighted by molar-refractivity contribution is 5.35. The molecule has 2 heterocycles. The van der Waals surface area contributed by atoms with Crippen LogP contribution in [0.1, 0.15) is 76.7 Å². The Bertz CT molecular complexity index is 842. The third kappa shape index (κ3) is 2.01. The van der Waals surface area contributed by atoms with Crippen LogP contribution in [0.3, 0.4) is 0 Å². The lowest BCUT2D eigenvalue weighted by atomic mass is 9.44. The molecule has 9 atom stereocenters. The average Bonchev–Trinajstić information content (AvgIpc) is 3.33. The van der Waals surface area contributed by atoms with Crippen molar-refractivity contribution in [2.24, 2.45) is 28.6 Å². The molecular formula is C24H32O4. The van der Waals surface area contributed by atoms with E-state index in [0.717, 1.165) is 25.2 Å². The second kappa shape index (κ2) is 5.51. The molecule has 4 aliphatic carbocycles. The molecule has 1 N–H and O–H groups in total. The maximum absolute atomic E-state index is 11.4. The quantitative estimate of drug-likeness (QED) is 0.735. The number of aliphatic hydroxyl groups is 1. The van der Waals surface area contributed by atoms with E-state index < -0.39 is 0 Å². The van der Waals surface area contributed by atoms with E-state index in [-0.39, 0.29) is 22.7 Å². The van der Waals surface area contributed by atoms with Gasteiger partial charge in [0.2, 0.25) is 0 Å². The smallest absolute Gasteiger partial charge is 0.335 e. The van der Waals surface area contributed by atoms with Crippen molar-refractivity contribution in [1.82, 2.24) is 0 Å². The van der Waals surface area contributed by atoms with Crippen LogP contribution in [0.2, 0.25) is 0 Å². The SMILES string of the molecule is C[C@]12CC[C@H](O)C[C@@H]1CC[C@H]1[C@@H]2CC[C@@]2(C)[C@@H](c3ccc(=O)oc3)C[C@@H]3O[C@@]312. The van der Waals surface area contributed by atoms with Gasteiger partial charge in [0.05, 0.1) is 18.5 Å². The summed E-state index contributed by atoms with van der Waals surface area (Å²) in [6.07, 6.45) is 11.1. The van der Waals surface area contributed by atoms with Crippen molar-refractivity contribution >= 4 is 0 Å². The van der Waals surface area contributed by atoms with Gasteiger partial charge in [0.25, 0.3) is 0 Å². The summed E-state index contributed by atoms with van der Waals surface area (Å²) in [5, 5.41) is 10.2. The Balaban J connectivity index is 1.36. The van der Waals surface area contributed by atoms with Crippen molar-refractivity contribution < 1.29 is 14.3 Å². The van der Waals surface area contributed by atoms with Crippen LogP contribution in [0.25, 0.3) is 0 Å². The topological polar surface area (TPSA) is 63.0 Å². The summed E-state index contributed by atoms with van der Waals surface area (Å²) < 4.78 is 11.8. The number of epoxide rings is 1. The van der Waals surface area contributed by atoms with Crippen molar-refractivity contribution in [3.8, 4) is 0 Å². The molecule has 4 saturated carbocycles. The van der Waals surface area contributed by atoms with E-state index in [2.05, 4.69) is 13.8 Å². The van der Waals surface area contributed by atoms with E-state index in [0.29, 0.717) is 29.3 Å². The lowest BCUT2D eigenvalue weighted by Gasteiger charge is -2.61. The number of hydrogen-bond acceptors (Lipinski definition) is 4. The predicted molar refractivity (Wildman–Crippen MR) is 105 cm³/mol. The second-order valence-electron chi connectivity index (χ2n) is 11.0. The summed E-state index contributed by atoms with van der Waals surface area (Å²) in [6, 6.07) is 3.55. The van der Waals surface area contributed by atoms with Crippen LogP contribution >= 0.6 is 0 Å². The number of fused-ring (bicyclic) bond motifs is 3. The molecule has 4 heteroatoms. The van der Waals surface area contributed by atoms with Crippen LogP contribution in [0, 0.1) is 28.6 Å². The molecule has 6 rings (SSSR count). The number of hydrogen-bond donors (Lipinski definition) is 1. The number of rotatable bonds is 1. The molecular weight excluding hydrogens is 352 g/mol. The lowest BCUT2D eigenvalue weighted by Crippen LogP contribution is -2.58. The Hall–Kier alpha value is -1.13. The van der Waals surface area contributed by atoms with Gasteiger partial charge in [-0.15, -0.1) is 0 Å². The van der Waals surface area contributed by atoms with Gasteiger partial charge in [-0.05, 0) is 92.1 Å². The molecule has 152 valence electrons. The van der Waals surface area contributed by atoms with Gasteiger partial charge in [-0.2, -0.15) is 0 Å². The zero-order chi connectivity index (χ0) is 19.3. The first-order valence-electron chi connectivity index (χ1n) is 11.3. The maximum atomic E-state index is 11.4. The minimum atomic E-state index is -0.266. The maximum Gasteiger partial charge on any atom is 0.335 e. The van der Waals surface area contributed by atoms with Crippen LogP contribution < -0.4 is 5.63 Å². The van der Waals surface area contributed by atoms with E-state index in [1.54, 1.807) is 12.3 Å². The largest absolute Gasteiger partial charge is 0.431 e. The van der Waals surface area contributed by atoms with Gasteiger partial charge in [-0.1, -0.05) is 13.8 Å². The molecule has 5 aliphatic rings. The fourth-order valence-corrected chi connectivity index (χ4v) is 8.74. The second-order valence-corrected chi connectivity index (χ2v) is 11.0. The predicted octanol–water partition coefficient (Wildman–Crippen LogP) is 4.26. The molecule has 0 aromatic carbocycles. The van der Waals surface area contributed by atoms with E-state index in [1.165, 1.54) is 37.7 Å². The van der Waals surface area contributed by atoms with Gasteiger partial charge in [-0.3, -0.25) is 0 Å². The molecule has 1 spiro atoms. The summed E-state index contributed by atoms with van der Waals surface area (Å²) in [4.78, 5) is 11.4. The highest BCUT2D eigenvalue weighted by Gasteiger charge is 2.80. The fourth-order valence-electron chi connectivity index (χ4n) is 8.74. The van der Waals surface area contributed by atoms with Gasteiger partial charge in [0.15, 0.2) is 0 Å². The highest BCUT2D eigenvalue weighted by Crippen LogP contribution is 2.77. The molecule has 28 heavy (non-hydrogen) atoms. The molecule has 1 aliphatic heterocycles. The Labute approximate surface area is 166 Å². The third-order valence-electron chi connectivity index (χ3n) is 10.2. The molecule has 1 aromatic rings. The Kier molecular flexibility index (Phi) is 3.49. The Morgan fingerprint density at radius 1 is 1.04 bits per heavy atom. The Morgan fingerprint density at radius 2 is 1.89 bits per heavy atom. The van der Waals surface area contributed by atoms with Crippen molar-refractivity contribution in [3.63, 3.8) is 0 Å². The van der Waals surface area contributed by atoms with E-state index in [9.17, 15) is 9.90 Å². The summed E-state index contributed by atoms with van der Waals surface area (Å²) in [7, 11) is 0. The van der Waals surface area contributed by atoms with Gasteiger partial charge in [-0.25, -0.2) is 4.79 Å².